The van der Waals surface area contributed by atoms with Gasteiger partial charge in [0, 0.05) is 21.5 Å². The SMILES string of the molecule is C=Cc1ccc(C(=O)Nc2c3ccccc3c(NC(=O)c3cc(C=C)ccc3C(=O)O)c3ccccc23)c(C(=O)O)c1. The number of carboxylic acid groups (broad SMARTS) is 2. The molecule has 0 unspecified atom stereocenters. The quantitative estimate of drug-likeness (QED) is 0.118. The second-order valence-electron chi connectivity index (χ2n) is 9.38. The van der Waals surface area contributed by atoms with Crippen LogP contribution in [0.4, 0.5) is 11.4 Å². The number of nitrogens with one attached hydrogen (secondary N) is 2. The predicted molar refractivity (Wildman–Crippen MR) is 164 cm³/mol. The molecule has 4 N–H and O–H groups in total. The Hall–Kier alpha value is -6.02. The molecule has 0 spiro atoms. The molecular weight excluding hydrogens is 532 g/mol. The zero-order valence-electron chi connectivity index (χ0n) is 22.2. The van der Waals surface area contributed by atoms with Crippen LogP contribution >= 0.6 is 0 Å². The summed E-state index contributed by atoms with van der Waals surface area (Å²) in [7, 11) is 0. The van der Waals surface area contributed by atoms with Crippen molar-refractivity contribution in [2.45, 2.75) is 0 Å². The molecule has 0 aliphatic heterocycles. The summed E-state index contributed by atoms with van der Waals surface area (Å²) in [5, 5.41) is 27.6. The largest absolute Gasteiger partial charge is 0.478 e. The van der Waals surface area contributed by atoms with Gasteiger partial charge in [-0.3, -0.25) is 9.59 Å². The van der Waals surface area contributed by atoms with Crippen molar-refractivity contribution in [3.63, 3.8) is 0 Å². The molecule has 0 aliphatic rings. The third-order valence-electron chi connectivity index (χ3n) is 6.92. The second-order valence-corrected chi connectivity index (χ2v) is 9.38. The highest BCUT2D eigenvalue weighted by molar-refractivity contribution is 6.27. The van der Waals surface area contributed by atoms with Crippen LogP contribution < -0.4 is 10.6 Å². The number of aromatic carboxylic acids is 2. The van der Waals surface area contributed by atoms with E-state index in [2.05, 4.69) is 23.8 Å². The Kier molecular flexibility index (Phi) is 7.36. The van der Waals surface area contributed by atoms with Crippen LogP contribution in [0.3, 0.4) is 0 Å². The van der Waals surface area contributed by atoms with E-state index in [-0.39, 0.29) is 22.3 Å². The van der Waals surface area contributed by atoms with Crippen LogP contribution in [0.1, 0.15) is 52.6 Å². The van der Waals surface area contributed by atoms with Crippen LogP contribution in [0.2, 0.25) is 0 Å². The molecule has 0 atom stereocenters. The van der Waals surface area contributed by atoms with Gasteiger partial charge in [0.25, 0.3) is 11.8 Å². The highest BCUT2D eigenvalue weighted by atomic mass is 16.4. The molecule has 0 heterocycles. The van der Waals surface area contributed by atoms with Gasteiger partial charge >= 0.3 is 11.9 Å². The molecule has 5 aromatic carbocycles. The first-order valence-electron chi connectivity index (χ1n) is 12.8. The number of carbonyl (C=O) groups excluding carboxylic acids is 2. The van der Waals surface area contributed by atoms with E-state index in [1.807, 2.05) is 0 Å². The van der Waals surface area contributed by atoms with Crippen molar-refractivity contribution in [1.82, 2.24) is 0 Å². The summed E-state index contributed by atoms with van der Waals surface area (Å²) in [5.74, 6) is -3.75. The normalized spacial score (nSPS) is 10.7. The summed E-state index contributed by atoms with van der Waals surface area (Å²) in [6.07, 6.45) is 3.01. The molecule has 206 valence electrons. The van der Waals surface area contributed by atoms with Crippen molar-refractivity contribution in [2.24, 2.45) is 0 Å². The first kappa shape index (κ1) is 27.5. The van der Waals surface area contributed by atoms with Gasteiger partial charge in [-0.1, -0.05) is 86.0 Å². The van der Waals surface area contributed by atoms with Crippen molar-refractivity contribution < 1.29 is 29.4 Å². The lowest BCUT2D eigenvalue weighted by Crippen LogP contribution is -2.18. The second kappa shape index (κ2) is 11.2. The molecule has 5 rings (SSSR count). The summed E-state index contributed by atoms with van der Waals surface area (Å²) in [4.78, 5) is 50.9. The van der Waals surface area contributed by atoms with Crippen molar-refractivity contribution in [3.05, 3.63) is 131 Å². The van der Waals surface area contributed by atoms with E-state index in [9.17, 15) is 29.4 Å². The van der Waals surface area contributed by atoms with Gasteiger partial charge in [-0.25, -0.2) is 9.59 Å². The van der Waals surface area contributed by atoms with Gasteiger partial charge in [0.15, 0.2) is 0 Å². The maximum absolute atomic E-state index is 13.6. The van der Waals surface area contributed by atoms with Crippen LogP contribution in [0.5, 0.6) is 0 Å². The minimum absolute atomic E-state index is 0.0260. The number of benzene rings is 5. The Morgan fingerprint density at radius 3 is 1.31 bits per heavy atom. The number of hydrogen-bond acceptors (Lipinski definition) is 4. The molecule has 0 bridgehead atoms. The minimum atomic E-state index is -1.25. The number of fused-ring (bicyclic) bond motifs is 2. The van der Waals surface area contributed by atoms with E-state index in [0.717, 1.165) is 0 Å². The molecule has 0 aliphatic carbocycles. The summed E-state index contributed by atoms with van der Waals surface area (Å²) < 4.78 is 0. The Morgan fingerprint density at radius 2 is 0.905 bits per heavy atom. The number of rotatable bonds is 8. The molecule has 42 heavy (non-hydrogen) atoms. The van der Waals surface area contributed by atoms with Gasteiger partial charge in [-0.05, 0) is 35.4 Å². The first-order valence-corrected chi connectivity index (χ1v) is 12.8. The van der Waals surface area contributed by atoms with Gasteiger partial charge in [0.1, 0.15) is 0 Å². The summed E-state index contributed by atoms with van der Waals surface area (Å²) in [5.41, 5.74) is 1.60. The van der Waals surface area contributed by atoms with Gasteiger partial charge < -0.3 is 20.8 Å². The fraction of sp³-hybridized carbons (Fsp3) is 0. The number of carbonyl (C=O) groups is 4. The number of carboxylic acids is 2. The molecular formula is C34H24N2O6. The molecule has 0 radical (unpaired) electrons. The molecule has 8 nitrogen and oxygen atoms in total. The molecule has 0 fully saturated rings. The summed E-state index contributed by atoms with van der Waals surface area (Å²) >= 11 is 0. The molecule has 0 saturated carbocycles. The standard InChI is InChI=1S/C34H24N2O6/c1-3-19-14-16-26(33(39)40)27(17-19)32(38)36-30-23-11-7-5-9-21(23)29(22-10-6-8-12-24(22)30)35-31(37)25-15-13-20(4-2)18-28(25)34(41)42/h3-18H,1-2H2,(H,35,37)(H,36,38)(H,39,40)(H,41,42). The van der Waals surface area contributed by atoms with E-state index in [1.165, 1.54) is 36.4 Å². The molecule has 5 aromatic rings. The molecule has 2 amide bonds. The van der Waals surface area contributed by atoms with Crippen molar-refractivity contribution >= 4 is 68.8 Å². The highest BCUT2D eigenvalue weighted by Crippen LogP contribution is 2.40. The number of amides is 2. The van der Waals surface area contributed by atoms with Crippen molar-refractivity contribution in [2.75, 3.05) is 10.6 Å². The van der Waals surface area contributed by atoms with Gasteiger partial charge in [0.2, 0.25) is 0 Å². The summed E-state index contributed by atoms with van der Waals surface area (Å²) in [6.45, 7) is 7.36. The smallest absolute Gasteiger partial charge is 0.336 e. The van der Waals surface area contributed by atoms with Crippen LogP contribution in [0.15, 0.2) is 98.1 Å². The zero-order chi connectivity index (χ0) is 30.0. The average Bonchev–Trinajstić information content (AvgIpc) is 3.01. The monoisotopic (exact) mass is 556 g/mol. The van der Waals surface area contributed by atoms with Crippen LogP contribution in [-0.4, -0.2) is 34.0 Å². The molecule has 8 heteroatoms. The van der Waals surface area contributed by atoms with Crippen LogP contribution in [0.25, 0.3) is 33.7 Å². The lowest BCUT2D eigenvalue weighted by atomic mass is 9.97. The van der Waals surface area contributed by atoms with E-state index in [1.54, 1.807) is 60.7 Å². The van der Waals surface area contributed by atoms with Gasteiger partial charge in [-0.2, -0.15) is 0 Å². The zero-order valence-corrected chi connectivity index (χ0v) is 22.2. The van der Waals surface area contributed by atoms with Crippen molar-refractivity contribution in [1.29, 1.82) is 0 Å². The molecule has 0 saturated heterocycles. The van der Waals surface area contributed by atoms with Crippen LogP contribution in [-0.2, 0) is 0 Å². The summed E-state index contributed by atoms with van der Waals surface area (Å²) in [6, 6.07) is 23.0. The number of anilines is 2. The predicted octanol–water partition coefficient (Wildman–Crippen LogP) is 7.18. The fourth-order valence-corrected chi connectivity index (χ4v) is 4.89. The maximum atomic E-state index is 13.6. The van der Waals surface area contributed by atoms with Crippen molar-refractivity contribution in [3.8, 4) is 0 Å². The van der Waals surface area contributed by atoms with Gasteiger partial charge in [0.05, 0.1) is 33.6 Å². The Balaban J connectivity index is 1.66. The molecule has 0 aromatic heterocycles. The highest BCUT2D eigenvalue weighted by Gasteiger charge is 2.23. The minimum Gasteiger partial charge on any atom is -0.478 e. The average molecular weight is 557 g/mol. The fourth-order valence-electron chi connectivity index (χ4n) is 4.89. The van der Waals surface area contributed by atoms with E-state index in [0.29, 0.717) is 44.0 Å². The Morgan fingerprint density at radius 1 is 0.524 bits per heavy atom. The van der Waals surface area contributed by atoms with E-state index < -0.39 is 23.8 Å². The maximum Gasteiger partial charge on any atom is 0.336 e. The van der Waals surface area contributed by atoms with Crippen LogP contribution in [0, 0.1) is 0 Å². The Bertz CT molecular complexity index is 1920. The lowest BCUT2D eigenvalue weighted by molar-refractivity contribution is 0.0683. The third kappa shape index (κ3) is 5.00. The van der Waals surface area contributed by atoms with E-state index >= 15 is 0 Å². The lowest BCUT2D eigenvalue weighted by Gasteiger charge is -2.19. The Labute approximate surface area is 240 Å². The number of hydrogen-bond donors (Lipinski definition) is 4. The van der Waals surface area contributed by atoms with E-state index in [4.69, 9.17) is 0 Å². The topological polar surface area (TPSA) is 133 Å². The third-order valence-corrected chi connectivity index (χ3v) is 6.92. The van der Waals surface area contributed by atoms with Gasteiger partial charge in [-0.15, -0.1) is 0 Å². The first-order chi connectivity index (χ1) is 20.2.